The smallest absolute Gasteiger partial charge is 0.317 e. The zero-order valence-corrected chi connectivity index (χ0v) is 13.2. The minimum absolute atomic E-state index is 0. The first-order valence-electron chi connectivity index (χ1n) is 6.79. The summed E-state index contributed by atoms with van der Waals surface area (Å²) in [5.74, 6) is -0.193. The highest BCUT2D eigenvalue weighted by atomic mass is 35.5. The molecule has 3 rings (SSSR count). The van der Waals surface area contributed by atoms with E-state index in [-0.39, 0.29) is 39.8 Å². The fraction of sp³-hybridized carbons (Fsp3) is 0.750. The largest absolute Gasteiger partial charge is 0.395 e. The lowest BCUT2D eigenvalue weighted by Crippen LogP contribution is -2.31. The van der Waals surface area contributed by atoms with Crippen LogP contribution in [0.3, 0.4) is 0 Å². The molecule has 2 fully saturated rings. The molecule has 1 aromatic rings. The number of halogens is 4. The van der Waals surface area contributed by atoms with Gasteiger partial charge in [0.05, 0.1) is 6.42 Å². The predicted molar refractivity (Wildman–Crippen MR) is 78.2 cm³/mol. The van der Waals surface area contributed by atoms with E-state index in [1.165, 1.54) is 0 Å². The quantitative estimate of drug-likeness (QED) is 0.872. The lowest BCUT2D eigenvalue weighted by atomic mass is 9.92. The number of carbonyl (C=O) groups excluding carboxylic acids is 1. The van der Waals surface area contributed by atoms with Crippen LogP contribution in [0.4, 0.5) is 18.3 Å². The highest BCUT2D eigenvalue weighted by molar-refractivity contribution is 7.15. The number of piperidine rings is 1. The maximum Gasteiger partial charge on any atom is 0.395 e. The van der Waals surface area contributed by atoms with Crippen LogP contribution in [0.15, 0.2) is 0 Å². The van der Waals surface area contributed by atoms with E-state index in [1.807, 2.05) is 0 Å². The zero-order valence-electron chi connectivity index (χ0n) is 11.6. The number of aromatic nitrogens is 2. The Morgan fingerprint density at radius 2 is 2.05 bits per heavy atom. The fourth-order valence-corrected chi connectivity index (χ4v) is 3.71. The number of nitrogens with one attached hydrogen (secondary N) is 2. The minimum atomic E-state index is -4.31. The Kier molecular flexibility index (Phi) is 4.98. The molecule has 1 aliphatic heterocycles. The number of rotatable bonds is 3. The molecule has 1 unspecified atom stereocenters. The minimum Gasteiger partial charge on any atom is -0.317 e. The number of alkyl halides is 3. The molecule has 0 radical (unpaired) electrons. The molecule has 2 heterocycles. The van der Waals surface area contributed by atoms with Gasteiger partial charge in [-0.25, -0.2) is 0 Å². The summed E-state index contributed by atoms with van der Waals surface area (Å²) < 4.78 is 36.7. The van der Waals surface area contributed by atoms with Crippen molar-refractivity contribution in [2.75, 3.05) is 18.4 Å². The van der Waals surface area contributed by atoms with Gasteiger partial charge in [-0.1, -0.05) is 11.3 Å². The van der Waals surface area contributed by atoms with Gasteiger partial charge >= 0.3 is 6.18 Å². The Balaban J connectivity index is 0.00000176. The van der Waals surface area contributed by atoms with Gasteiger partial charge in [-0.05, 0) is 37.8 Å². The van der Waals surface area contributed by atoms with Crippen LogP contribution in [-0.4, -0.2) is 35.4 Å². The first-order chi connectivity index (χ1) is 9.88. The van der Waals surface area contributed by atoms with Crippen molar-refractivity contribution < 1.29 is 18.0 Å². The SMILES string of the molecule is Cl.O=C(Nc1nnc(CC(F)(F)F)s1)C1CC12CCNCC2. The van der Waals surface area contributed by atoms with E-state index >= 15 is 0 Å². The van der Waals surface area contributed by atoms with Crippen LogP contribution in [-0.2, 0) is 11.2 Å². The first-order valence-corrected chi connectivity index (χ1v) is 7.60. The van der Waals surface area contributed by atoms with E-state index in [1.54, 1.807) is 0 Å². The van der Waals surface area contributed by atoms with Crippen LogP contribution >= 0.6 is 23.7 Å². The molecule has 1 saturated carbocycles. The molecular formula is C12H16ClF3N4OS. The van der Waals surface area contributed by atoms with Crippen molar-refractivity contribution in [3.8, 4) is 0 Å². The molecule has 1 atom stereocenters. The van der Waals surface area contributed by atoms with E-state index in [0.29, 0.717) is 0 Å². The Hall–Kier alpha value is -0.930. The van der Waals surface area contributed by atoms with E-state index in [0.717, 1.165) is 43.7 Å². The van der Waals surface area contributed by atoms with Gasteiger partial charge in [0.1, 0.15) is 5.01 Å². The van der Waals surface area contributed by atoms with Gasteiger partial charge in [0.2, 0.25) is 11.0 Å². The second-order valence-electron chi connectivity index (χ2n) is 5.65. The zero-order chi connectivity index (χ0) is 15.1. The topological polar surface area (TPSA) is 66.9 Å². The van der Waals surface area contributed by atoms with Gasteiger partial charge in [0, 0.05) is 5.92 Å². The average Bonchev–Trinajstić information content (AvgIpc) is 2.90. The summed E-state index contributed by atoms with van der Waals surface area (Å²) in [4.78, 5) is 12.1. The molecule has 5 nitrogen and oxygen atoms in total. The third-order valence-electron chi connectivity index (χ3n) is 4.15. The van der Waals surface area contributed by atoms with Crippen LogP contribution in [0.2, 0.25) is 0 Å². The van der Waals surface area contributed by atoms with E-state index in [4.69, 9.17) is 0 Å². The molecule has 2 N–H and O–H groups in total. The molecule has 2 aliphatic rings. The number of hydrogen-bond acceptors (Lipinski definition) is 5. The Labute approximate surface area is 135 Å². The number of hydrogen-bond donors (Lipinski definition) is 2. The molecule has 1 amide bonds. The predicted octanol–water partition coefficient (Wildman–Crippen LogP) is 2.39. The highest BCUT2D eigenvalue weighted by Crippen LogP contribution is 2.58. The van der Waals surface area contributed by atoms with Crippen molar-refractivity contribution >= 4 is 34.8 Å². The van der Waals surface area contributed by atoms with E-state index in [9.17, 15) is 18.0 Å². The summed E-state index contributed by atoms with van der Waals surface area (Å²) in [7, 11) is 0. The summed E-state index contributed by atoms with van der Waals surface area (Å²) in [6.45, 7) is 1.83. The molecule has 10 heteroatoms. The van der Waals surface area contributed by atoms with Crippen molar-refractivity contribution in [2.24, 2.45) is 11.3 Å². The van der Waals surface area contributed by atoms with Gasteiger partial charge in [-0.2, -0.15) is 13.2 Å². The van der Waals surface area contributed by atoms with Crippen molar-refractivity contribution in [2.45, 2.75) is 31.9 Å². The number of anilines is 1. The van der Waals surface area contributed by atoms with Gasteiger partial charge in [-0.15, -0.1) is 22.6 Å². The van der Waals surface area contributed by atoms with Crippen molar-refractivity contribution in [3.63, 3.8) is 0 Å². The standard InChI is InChI=1S/C12H15F3N4OS.ClH/c13-12(14,15)6-8-18-19-10(21-8)17-9(20)7-5-11(7)1-3-16-4-2-11;/h7,16H,1-6H2,(H,17,19,20);1H. The summed E-state index contributed by atoms with van der Waals surface area (Å²) in [6.07, 6.45) is -2.62. The molecule has 0 bridgehead atoms. The summed E-state index contributed by atoms with van der Waals surface area (Å²) in [6, 6.07) is 0. The molecule has 1 spiro atoms. The van der Waals surface area contributed by atoms with E-state index in [2.05, 4.69) is 20.8 Å². The van der Waals surface area contributed by atoms with Gasteiger partial charge in [0.25, 0.3) is 0 Å². The van der Waals surface area contributed by atoms with Gasteiger partial charge < -0.3 is 10.6 Å². The molecule has 1 saturated heterocycles. The molecule has 0 aromatic carbocycles. The second-order valence-corrected chi connectivity index (χ2v) is 6.71. The number of carbonyl (C=O) groups is 1. The monoisotopic (exact) mass is 356 g/mol. The van der Waals surface area contributed by atoms with Crippen LogP contribution in [0, 0.1) is 11.3 Å². The van der Waals surface area contributed by atoms with Crippen LogP contribution < -0.4 is 10.6 Å². The summed E-state index contributed by atoms with van der Waals surface area (Å²) >= 11 is 0.782. The van der Waals surface area contributed by atoms with Crippen molar-refractivity contribution in [3.05, 3.63) is 5.01 Å². The van der Waals surface area contributed by atoms with Crippen LogP contribution in [0.5, 0.6) is 0 Å². The Morgan fingerprint density at radius 3 is 2.68 bits per heavy atom. The lowest BCUT2D eigenvalue weighted by Gasteiger charge is -2.22. The molecule has 22 heavy (non-hydrogen) atoms. The normalized spacial score (nSPS) is 23.0. The molecular weight excluding hydrogens is 341 g/mol. The lowest BCUT2D eigenvalue weighted by molar-refractivity contribution is -0.127. The third kappa shape index (κ3) is 3.88. The maximum atomic E-state index is 12.2. The third-order valence-corrected chi connectivity index (χ3v) is 4.99. The Morgan fingerprint density at radius 1 is 1.36 bits per heavy atom. The van der Waals surface area contributed by atoms with Gasteiger partial charge in [-0.3, -0.25) is 4.79 Å². The molecule has 1 aliphatic carbocycles. The average molecular weight is 357 g/mol. The number of nitrogens with zero attached hydrogens (tertiary/aromatic N) is 2. The molecule has 124 valence electrons. The number of amides is 1. The summed E-state index contributed by atoms with van der Waals surface area (Å²) in [5.41, 5.74) is 0.0921. The second kappa shape index (κ2) is 6.29. The highest BCUT2D eigenvalue weighted by Gasteiger charge is 2.57. The van der Waals surface area contributed by atoms with Crippen LogP contribution in [0.1, 0.15) is 24.3 Å². The Bertz CT molecular complexity index is 545. The van der Waals surface area contributed by atoms with Crippen LogP contribution in [0.25, 0.3) is 0 Å². The molecule has 1 aromatic heterocycles. The maximum absolute atomic E-state index is 12.2. The first kappa shape index (κ1) is 17.4. The van der Waals surface area contributed by atoms with Gasteiger partial charge in [0.15, 0.2) is 0 Å². The van der Waals surface area contributed by atoms with Crippen molar-refractivity contribution in [1.82, 2.24) is 15.5 Å². The summed E-state index contributed by atoms with van der Waals surface area (Å²) in [5, 5.41) is 12.9. The fourth-order valence-electron chi connectivity index (χ4n) is 2.94. The van der Waals surface area contributed by atoms with Crippen molar-refractivity contribution in [1.29, 1.82) is 0 Å². The van der Waals surface area contributed by atoms with E-state index < -0.39 is 12.6 Å².